The normalized spacial score (nSPS) is 13.7. The summed E-state index contributed by atoms with van der Waals surface area (Å²) in [5, 5.41) is 0.588. The lowest BCUT2D eigenvalue weighted by molar-refractivity contribution is -0.143. The van der Waals surface area contributed by atoms with Crippen LogP contribution < -0.4 is 0 Å². The lowest BCUT2D eigenvalue weighted by Gasteiger charge is -2.13. The van der Waals surface area contributed by atoms with Gasteiger partial charge >= 0.3 is 12.4 Å². The van der Waals surface area contributed by atoms with Gasteiger partial charge in [-0.3, -0.25) is 4.98 Å². The highest BCUT2D eigenvalue weighted by molar-refractivity contribution is 7.94. The van der Waals surface area contributed by atoms with Gasteiger partial charge in [-0.2, -0.15) is 26.3 Å². The molecular weight excluding hydrogens is 384 g/mol. The average molecular weight is 395 g/mol. The first kappa shape index (κ1) is 20.0. The Morgan fingerprint density at radius 1 is 0.962 bits per heavy atom. The minimum atomic E-state index is -5.13. The second-order valence-electron chi connectivity index (χ2n) is 5.30. The molecule has 0 aliphatic carbocycles. The molecule has 0 atom stereocenters. The van der Waals surface area contributed by atoms with E-state index in [2.05, 4.69) is 4.98 Å². The maximum absolute atomic E-state index is 12.9. The number of nitrogens with zero attached hydrogens (tertiary/aromatic N) is 1. The van der Waals surface area contributed by atoms with E-state index in [9.17, 15) is 34.8 Å². The van der Waals surface area contributed by atoms with Gasteiger partial charge in [0.05, 0.1) is 21.7 Å². The minimum absolute atomic E-state index is 0.0663. The number of pyridine rings is 1. The van der Waals surface area contributed by atoms with Gasteiger partial charge in [0.1, 0.15) is 0 Å². The van der Waals surface area contributed by atoms with Crippen LogP contribution in [-0.4, -0.2) is 13.4 Å². The number of benzene rings is 1. The fourth-order valence-electron chi connectivity index (χ4n) is 2.05. The second kappa shape index (κ2) is 6.75. The van der Waals surface area contributed by atoms with Gasteiger partial charge in [0.2, 0.25) is 0 Å². The van der Waals surface area contributed by atoms with Crippen LogP contribution in [-0.2, 0) is 22.2 Å². The lowest BCUT2D eigenvalue weighted by Crippen LogP contribution is -2.13. The molecule has 0 fully saturated rings. The van der Waals surface area contributed by atoms with Crippen molar-refractivity contribution in [3.8, 4) is 0 Å². The van der Waals surface area contributed by atoms with E-state index in [0.717, 1.165) is 0 Å². The standard InChI is InChI=1S/C16H11F6NO2S/c1-10(14-4-2-3-5-23-14)9-26(24,25)13-7-11(15(17,18)19)6-12(8-13)16(20,21)22/h2-9H,1H3/b10-9+. The molecule has 0 spiro atoms. The van der Waals surface area contributed by atoms with Crippen molar-refractivity contribution in [3.63, 3.8) is 0 Å². The van der Waals surface area contributed by atoms with Crippen LogP contribution in [0.2, 0.25) is 0 Å². The second-order valence-corrected chi connectivity index (χ2v) is 7.10. The Bertz CT molecular complexity index is 899. The smallest absolute Gasteiger partial charge is 0.257 e. The van der Waals surface area contributed by atoms with Crippen LogP contribution in [0.4, 0.5) is 26.3 Å². The summed E-state index contributed by atoms with van der Waals surface area (Å²) in [5.74, 6) is 0. The van der Waals surface area contributed by atoms with Gasteiger partial charge in [-0.25, -0.2) is 8.42 Å². The van der Waals surface area contributed by atoms with Gasteiger partial charge in [-0.15, -0.1) is 0 Å². The number of aromatic nitrogens is 1. The number of halogens is 6. The molecule has 26 heavy (non-hydrogen) atoms. The van der Waals surface area contributed by atoms with Crippen molar-refractivity contribution in [1.82, 2.24) is 4.98 Å². The van der Waals surface area contributed by atoms with Crippen LogP contribution in [0.1, 0.15) is 23.7 Å². The lowest BCUT2D eigenvalue weighted by atomic mass is 10.1. The summed E-state index contributed by atoms with van der Waals surface area (Å²) in [4.78, 5) is 2.78. The van der Waals surface area contributed by atoms with Crippen molar-refractivity contribution >= 4 is 15.4 Å². The van der Waals surface area contributed by atoms with Gasteiger partial charge in [-0.05, 0) is 42.8 Å². The summed E-state index contributed by atoms with van der Waals surface area (Å²) in [6.07, 6.45) is -8.90. The summed E-state index contributed by atoms with van der Waals surface area (Å²) in [6.45, 7) is 1.33. The summed E-state index contributed by atoms with van der Waals surface area (Å²) in [6, 6.07) is 4.79. The average Bonchev–Trinajstić information content (AvgIpc) is 2.53. The Hall–Kier alpha value is -2.36. The van der Waals surface area contributed by atoms with Crippen LogP contribution >= 0.6 is 0 Å². The fourth-order valence-corrected chi connectivity index (χ4v) is 3.35. The molecule has 0 saturated heterocycles. The van der Waals surface area contributed by atoms with Crippen molar-refractivity contribution in [2.24, 2.45) is 0 Å². The molecule has 10 heteroatoms. The van der Waals surface area contributed by atoms with Crippen molar-refractivity contribution in [1.29, 1.82) is 0 Å². The zero-order chi connectivity index (χ0) is 19.8. The molecule has 0 saturated carbocycles. The Morgan fingerprint density at radius 2 is 1.50 bits per heavy atom. The van der Waals surface area contributed by atoms with E-state index in [1.54, 1.807) is 12.1 Å². The fraction of sp³-hybridized carbons (Fsp3) is 0.188. The van der Waals surface area contributed by atoms with Crippen LogP contribution in [0.25, 0.3) is 5.57 Å². The zero-order valence-electron chi connectivity index (χ0n) is 13.1. The van der Waals surface area contributed by atoms with Crippen LogP contribution in [0, 0.1) is 0 Å². The maximum atomic E-state index is 12.9. The predicted molar refractivity (Wildman–Crippen MR) is 81.5 cm³/mol. The topological polar surface area (TPSA) is 47.0 Å². The highest BCUT2D eigenvalue weighted by Crippen LogP contribution is 2.37. The molecule has 1 heterocycles. The number of hydrogen-bond acceptors (Lipinski definition) is 3. The van der Waals surface area contributed by atoms with Crippen molar-refractivity contribution in [3.05, 3.63) is 64.8 Å². The van der Waals surface area contributed by atoms with Gasteiger partial charge in [-0.1, -0.05) is 6.07 Å². The van der Waals surface area contributed by atoms with Crippen molar-refractivity contribution in [2.75, 3.05) is 0 Å². The van der Waals surface area contributed by atoms with Crippen LogP contribution in [0.3, 0.4) is 0 Å². The zero-order valence-corrected chi connectivity index (χ0v) is 13.9. The molecule has 1 aromatic carbocycles. The largest absolute Gasteiger partial charge is 0.416 e. The monoisotopic (exact) mass is 395 g/mol. The summed E-state index contributed by atoms with van der Waals surface area (Å²) in [7, 11) is -4.58. The number of hydrogen-bond donors (Lipinski definition) is 0. The molecule has 0 aliphatic heterocycles. The van der Waals surface area contributed by atoms with E-state index in [4.69, 9.17) is 0 Å². The van der Waals surface area contributed by atoms with Crippen molar-refractivity contribution in [2.45, 2.75) is 24.2 Å². The highest BCUT2D eigenvalue weighted by Gasteiger charge is 2.38. The molecule has 1 aromatic heterocycles. The quantitative estimate of drug-likeness (QED) is 0.691. The minimum Gasteiger partial charge on any atom is -0.257 e. The first-order valence-electron chi connectivity index (χ1n) is 6.95. The van der Waals surface area contributed by atoms with E-state index in [-0.39, 0.29) is 29.5 Å². The third kappa shape index (κ3) is 4.63. The van der Waals surface area contributed by atoms with E-state index < -0.39 is 38.2 Å². The van der Waals surface area contributed by atoms with Crippen molar-refractivity contribution < 1.29 is 34.8 Å². The van der Waals surface area contributed by atoms with Gasteiger partial charge in [0.15, 0.2) is 9.84 Å². The summed E-state index contributed by atoms with van der Waals surface area (Å²) >= 11 is 0. The molecule has 0 amide bonds. The summed E-state index contributed by atoms with van der Waals surface area (Å²) < 4.78 is 102. The molecule has 0 aliphatic rings. The SMILES string of the molecule is C/C(=C\S(=O)(=O)c1cc(C(F)(F)F)cc(C(F)(F)F)c1)c1ccccn1. The molecule has 3 nitrogen and oxygen atoms in total. The maximum Gasteiger partial charge on any atom is 0.416 e. The van der Waals surface area contributed by atoms with E-state index in [1.807, 2.05) is 0 Å². The molecule has 0 N–H and O–H groups in total. The number of allylic oxidation sites excluding steroid dienone is 1. The first-order valence-corrected chi connectivity index (χ1v) is 8.49. The van der Waals surface area contributed by atoms with Crippen LogP contribution in [0.5, 0.6) is 0 Å². The molecular formula is C16H11F6NO2S. The molecule has 2 aromatic rings. The van der Waals surface area contributed by atoms with Gasteiger partial charge in [0, 0.05) is 11.6 Å². The van der Waals surface area contributed by atoms with Gasteiger partial charge in [0.25, 0.3) is 0 Å². The Balaban J connectivity index is 2.62. The Morgan fingerprint density at radius 3 is 1.92 bits per heavy atom. The van der Waals surface area contributed by atoms with E-state index in [1.165, 1.54) is 19.2 Å². The molecule has 0 bridgehead atoms. The van der Waals surface area contributed by atoms with Crippen LogP contribution in [0.15, 0.2) is 52.9 Å². The number of alkyl halides is 6. The Labute approximate surface area is 144 Å². The molecule has 0 radical (unpaired) electrons. The van der Waals surface area contributed by atoms with E-state index in [0.29, 0.717) is 5.41 Å². The first-order chi connectivity index (χ1) is 11.8. The Kier molecular flexibility index (Phi) is 5.18. The molecule has 0 unspecified atom stereocenters. The number of sulfone groups is 1. The third-order valence-corrected chi connectivity index (χ3v) is 4.85. The summed E-state index contributed by atoms with van der Waals surface area (Å²) in [5.41, 5.74) is -3.11. The van der Waals surface area contributed by atoms with Gasteiger partial charge < -0.3 is 0 Å². The molecule has 2 rings (SSSR count). The molecule has 140 valence electrons. The third-order valence-electron chi connectivity index (χ3n) is 3.29. The highest BCUT2D eigenvalue weighted by atomic mass is 32.2. The van der Waals surface area contributed by atoms with E-state index >= 15 is 0 Å². The number of rotatable bonds is 3. The predicted octanol–water partition coefficient (Wildman–Crippen LogP) is 4.95.